The third-order valence-corrected chi connectivity index (χ3v) is 4.05. The molecule has 0 fully saturated rings. The van der Waals surface area contributed by atoms with E-state index in [1.165, 1.54) is 33.0 Å². The van der Waals surface area contributed by atoms with Crippen LogP contribution in [0.15, 0.2) is 54.6 Å². The van der Waals surface area contributed by atoms with Crippen LogP contribution in [0, 0.1) is 25.2 Å². The Kier molecular flexibility index (Phi) is 3.94. The molecule has 3 rings (SSSR count). The zero-order valence-electron chi connectivity index (χ0n) is 13.1. The van der Waals surface area contributed by atoms with Crippen molar-refractivity contribution in [3.05, 3.63) is 82.4 Å². The molecule has 0 aliphatic heterocycles. The van der Waals surface area contributed by atoms with Gasteiger partial charge in [-0.3, -0.25) is 0 Å². The van der Waals surface area contributed by atoms with Crippen LogP contribution in [0.5, 0.6) is 0 Å². The summed E-state index contributed by atoms with van der Waals surface area (Å²) in [5.74, 6) is 0. The molecule has 1 nitrogen and oxygen atoms in total. The first-order chi connectivity index (χ1) is 10.7. The van der Waals surface area contributed by atoms with Crippen molar-refractivity contribution < 1.29 is 0 Å². The van der Waals surface area contributed by atoms with Crippen LogP contribution in [-0.2, 0) is 12.8 Å². The normalized spacial score (nSPS) is 10.6. The van der Waals surface area contributed by atoms with E-state index in [2.05, 4.69) is 68.4 Å². The standard InChI is InChI=1S/C21H19N/c1-15-11-16(2)13-17(12-15)14-19-6-4-7-20-18(9-10-22)5-3-8-21(19)20/h3-8,11-13H,9,14H2,1-2H3. The van der Waals surface area contributed by atoms with Crippen molar-refractivity contribution in [3.8, 4) is 6.07 Å². The molecule has 0 aliphatic rings. The number of nitrogens with zero attached hydrogens (tertiary/aromatic N) is 1. The van der Waals surface area contributed by atoms with Crippen LogP contribution >= 0.6 is 0 Å². The van der Waals surface area contributed by atoms with Crippen LogP contribution in [0.25, 0.3) is 10.8 Å². The second-order valence-corrected chi connectivity index (χ2v) is 5.94. The molecule has 3 aromatic carbocycles. The third kappa shape index (κ3) is 2.87. The summed E-state index contributed by atoms with van der Waals surface area (Å²) in [7, 11) is 0. The molecule has 0 unspecified atom stereocenters. The number of fused-ring (bicyclic) bond motifs is 1. The van der Waals surface area contributed by atoms with E-state index >= 15 is 0 Å². The average molecular weight is 285 g/mol. The topological polar surface area (TPSA) is 23.8 Å². The highest BCUT2D eigenvalue weighted by Crippen LogP contribution is 2.25. The van der Waals surface area contributed by atoms with E-state index in [0.29, 0.717) is 6.42 Å². The quantitative estimate of drug-likeness (QED) is 0.655. The molecule has 22 heavy (non-hydrogen) atoms. The Bertz CT molecular complexity index is 848. The Morgan fingerprint density at radius 3 is 2.05 bits per heavy atom. The van der Waals surface area contributed by atoms with Gasteiger partial charge in [0, 0.05) is 0 Å². The molecule has 0 heterocycles. The van der Waals surface area contributed by atoms with Gasteiger partial charge < -0.3 is 0 Å². The minimum Gasteiger partial charge on any atom is -0.198 e. The SMILES string of the molecule is Cc1cc(C)cc(Cc2cccc3c(CC#N)cccc23)c1. The predicted molar refractivity (Wildman–Crippen MR) is 92.0 cm³/mol. The molecule has 0 spiro atoms. The number of rotatable bonds is 3. The Labute approximate surface area is 131 Å². The maximum atomic E-state index is 8.99. The van der Waals surface area contributed by atoms with Gasteiger partial charge in [0.15, 0.2) is 0 Å². The molecule has 1 heteroatoms. The molecular weight excluding hydrogens is 266 g/mol. The molecule has 0 amide bonds. The van der Waals surface area contributed by atoms with Gasteiger partial charge in [0.1, 0.15) is 0 Å². The Morgan fingerprint density at radius 1 is 0.818 bits per heavy atom. The smallest absolute Gasteiger partial charge is 0.0669 e. The maximum absolute atomic E-state index is 8.99. The zero-order valence-corrected chi connectivity index (χ0v) is 13.1. The van der Waals surface area contributed by atoms with E-state index < -0.39 is 0 Å². The van der Waals surface area contributed by atoms with E-state index in [1.54, 1.807) is 0 Å². The Morgan fingerprint density at radius 2 is 1.41 bits per heavy atom. The summed E-state index contributed by atoms with van der Waals surface area (Å²) < 4.78 is 0. The van der Waals surface area contributed by atoms with E-state index in [4.69, 9.17) is 5.26 Å². The Hall–Kier alpha value is -2.59. The molecule has 0 radical (unpaired) electrons. The summed E-state index contributed by atoms with van der Waals surface area (Å²) in [4.78, 5) is 0. The molecule has 108 valence electrons. The van der Waals surface area contributed by atoms with Gasteiger partial charge >= 0.3 is 0 Å². The van der Waals surface area contributed by atoms with Crippen LogP contribution in [0.2, 0.25) is 0 Å². The molecule has 3 aromatic rings. The third-order valence-electron chi connectivity index (χ3n) is 4.05. The van der Waals surface area contributed by atoms with Gasteiger partial charge in [-0.05, 0) is 47.7 Å². The van der Waals surface area contributed by atoms with Crippen molar-refractivity contribution in [2.45, 2.75) is 26.7 Å². The van der Waals surface area contributed by atoms with Gasteiger partial charge in [-0.2, -0.15) is 5.26 Å². The lowest BCUT2D eigenvalue weighted by Crippen LogP contribution is -1.93. The van der Waals surface area contributed by atoms with E-state index in [9.17, 15) is 0 Å². The highest BCUT2D eigenvalue weighted by atomic mass is 14.2. The summed E-state index contributed by atoms with van der Waals surface area (Å²) >= 11 is 0. The second kappa shape index (κ2) is 6.03. The van der Waals surface area contributed by atoms with Crippen molar-refractivity contribution in [2.24, 2.45) is 0 Å². The van der Waals surface area contributed by atoms with Crippen molar-refractivity contribution in [3.63, 3.8) is 0 Å². The van der Waals surface area contributed by atoms with Crippen molar-refractivity contribution >= 4 is 10.8 Å². The largest absolute Gasteiger partial charge is 0.198 e. The van der Waals surface area contributed by atoms with Gasteiger partial charge in [0.2, 0.25) is 0 Å². The average Bonchev–Trinajstić information content (AvgIpc) is 2.47. The van der Waals surface area contributed by atoms with Gasteiger partial charge in [0.25, 0.3) is 0 Å². The molecule has 0 saturated heterocycles. The van der Waals surface area contributed by atoms with Crippen LogP contribution in [0.4, 0.5) is 0 Å². The summed E-state index contributed by atoms with van der Waals surface area (Å²) in [5, 5.41) is 11.5. The highest BCUT2D eigenvalue weighted by molar-refractivity contribution is 5.89. The van der Waals surface area contributed by atoms with Gasteiger partial charge in [0.05, 0.1) is 12.5 Å². The minimum atomic E-state index is 0.463. The molecular formula is C21H19N. The monoisotopic (exact) mass is 285 g/mol. The lowest BCUT2D eigenvalue weighted by molar-refractivity contribution is 1.18. The Balaban J connectivity index is 2.08. The molecule has 0 saturated carbocycles. The first kappa shape index (κ1) is 14.4. The molecule has 0 bridgehead atoms. The fourth-order valence-corrected chi connectivity index (χ4v) is 3.22. The van der Waals surface area contributed by atoms with E-state index in [0.717, 1.165) is 12.0 Å². The minimum absolute atomic E-state index is 0.463. The van der Waals surface area contributed by atoms with Gasteiger partial charge in [-0.15, -0.1) is 0 Å². The number of hydrogen-bond donors (Lipinski definition) is 0. The fourth-order valence-electron chi connectivity index (χ4n) is 3.22. The van der Waals surface area contributed by atoms with Crippen molar-refractivity contribution in [2.75, 3.05) is 0 Å². The number of aryl methyl sites for hydroxylation is 2. The molecule has 0 aliphatic carbocycles. The van der Waals surface area contributed by atoms with Crippen molar-refractivity contribution in [1.82, 2.24) is 0 Å². The molecule has 0 N–H and O–H groups in total. The van der Waals surface area contributed by atoms with E-state index in [-0.39, 0.29) is 0 Å². The molecule has 0 aromatic heterocycles. The zero-order chi connectivity index (χ0) is 15.5. The first-order valence-electron chi connectivity index (χ1n) is 7.61. The predicted octanol–water partition coefficient (Wildman–Crippen LogP) is 5.11. The summed E-state index contributed by atoms with van der Waals surface area (Å²) in [6, 6.07) is 21.6. The fraction of sp³-hybridized carbons (Fsp3) is 0.190. The van der Waals surface area contributed by atoms with Crippen LogP contribution < -0.4 is 0 Å². The number of benzene rings is 3. The lowest BCUT2D eigenvalue weighted by atomic mass is 9.94. The molecule has 0 atom stereocenters. The number of nitriles is 1. The van der Waals surface area contributed by atoms with Gasteiger partial charge in [-0.25, -0.2) is 0 Å². The van der Waals surface area contributed by atoms with E-state index in [1.807, 2.05) is 6.07 Å². The maximum Gasteiger partial charge on any atom is 0.0669 e. The highest BCUT2D eigenvalue weighted by Gasteiger charge is 2.06. The lowest BCUT2D eigenvalue weighted by Gasteiger charge is -2.10. The van der Waals surface area contributed by atoms with Crippen LogP contribution in [0.3, 0.4) is 0 Å². The number of hydrogen-bond acceptors (Lipinski definition) is 1. The summed E-state index contributed by atoms with van der Waals surface area (Å²) in [6.07, 6.45) is 1.39. The van der Waals surface area contributed by atoms with Crippen molar-refractivity contribution in [1.29, 1.82) is 5.26 Å². The van der Waals surface area contributed by atoms with Crippen LogP contribution in [0.1, 0.15) is 27.8 Å². The van der Waals surface area contributed by atoms with Crippen LogP contribution in [-0.4, -0.2) is 0 Å². The summed E-state index contributed by atoms with van der Waals surface area (Å²) in [5.41, 5.74) is 6.39. The summed E-state index contributed by atoms with van der Waals surface area (Å²) in [6.45, 7) is 4.29. The van der Waals surface area contributed by atoms with Gasteiger partial charge in [-0.1, -0.05) is 65.7 Å². The second-order valence-electron chi connectivity index (χ2n) is 5.94. The first-order valence-corrected chi connectivity index (χ1v) is 7.61.